The molecule has 0 aliphatic carbocycles. The molecule has 3 aromatic rings. The largest absolute Gasteiger partial charge is 0.313 e. The standard InChI is InChI=1S/C21H19OP/c22-23(20-14-6-2-7-15-20,21-16-8-3-9-17-21)18-10-13-19-11-4-1-5-12-19/h1-17H,18H2. The molecule has 0 atom stereocenters. The summed E-state index contributed by atoms with van der Waals surface area (Å²) in [4.78, 5) is 0. The molecule has 3 aromatic carbocycles. The van der Waals surface area contributed by atoms with Crippen LogP contribution < -0.4 is 10.6 Å². The molecule has 2 heteroatoms. The van der Waals surface area contributed by atoms with Gasteiger partial charge in [-0.25, -0.2) is 0 Å². The van der Waals surface area contributed by atoms with Crippen molar-refractivity contribution in [1.29, 1.82) is 0 Å². The van der Waals surface area contributed by atoms with Gasteiger partial charge in [0.25, 0.3) is 0 Å². The fourth-order valence-electron chi connectivity index (χ4n) is 2.60. The fourth-order valence-corrected chi connectivity index (χ4v) is 5.03. The molecule has 0 aliphatic heterocycles. The van der Waals surface area contributed by atoms with E-state index in [9.17, 15) is 4.57 Å². The molecule has 0 heterocycles. The summed E-state index contributed by atoms with van der Waals surface area (Å²) in [5.41, 5.74) is 1.13. The van der Waals surface area contributed by atoms with Gasteiger partial charge in [0, 0.05) is 16.8 Å². The average Bonchev–Trinajstić information content (AvgIpc) is 2.64. The average molecular weight is 318 g/mol. The molecule has 0 saturated carbocycles. The molecule has 0 aliphatic rings. The van der Waals surface area contributed by atoms with Crippen LogP contribution in [0.15, 0.2) is 97.1 Å². The van der Waals surface area contributed by atoms with Crippen LogP contribution >= 0.6 is 7.14 Å². The summed E-state index contributed by atoms with van der Waals surface area (Å²) in [6.07, 6.45) is 4.59. The Labute approximate surface area is 137 Å². The summed E-state index contributed by atoms with van der Waals surface area (Å²) >= 11 is 0. The SMILES string of the molecule is O=P(CC=Cc1ccccc1)(c1ccccc1)c1ccccc1. The van der Waals surface area contributed by atoms with Crippen LogP contribution in [0, 0.1) is 0 Å². The second-order valence-corrected chi connectivity index (χ2v) is 8.28. The molecule has 0 bridgehead atoms. The lowest BCUT2D eigenvalue weighted by Gasteiger charge is -2.17. The van der Waals surface area contributed by atoms with Gasteiger partial charge in [-0.15, -0.1) is 0 Å². The van der Waals surface area contributed by atoms with Crippen LogP contribution in [-0.2, 0) is 4.57 Å². The molecule has 0 saturated heterocycles. The smallest absolute Gasteiger partial charge is 0.146 e. The van der Waals surface area contributed by atoms with Crippen LogP contribution in [0.25, 0.3) is 6.08 Å². The third-order valence-corrected chi connectivity index (χ3v) is 6.81. The summed E-state index contributed by atoms with van der Waals surface area (Å²) in [5.74, 6) is 0. The summed E-state index contributed by atoms with van der Waals surface area (Å²) in [6, 6.07) is 29.7. The number of benzene rings is 3. The maximum atomic E-state index is 13.8. The van der Waals surface area contributed by atoms with Crippen molar-refractivity contribution in [2.24, 2.45) is 0 Å². The molecule has 1 nitrogen and oxygen atoms in total. The third kappa shape index (κ3) is 3.70. The second-order valence-electron chi connectivity index (χ2n) is 5.41. The number of rotatable bonds is 5. The zero-order valence-corrected chi connectivity index (χ0v) is 13.8. The first kappa shape index (κ1) is 15.5. The zero-order chi connectivity index (χ0) is 16.0. The maximum Gasteiger partial charge on any atom is 0.146 e. The Morgan fingerprint density at radius 2 is 1.09 bits per heavy atom. The number of hydrogen-bond acceptors (Lipinski definition) is 1. The summed E-state index contributed by atoms with van der Waals surface area (Å²) < 4.78 is 13.8. The van der Waals surface area contributed by atoms with E-state index < -0.39 is 7.14 Å². The number of allylic oxidation sites excluding steroid dienone is 1. The Bertz CT molecular complexity index is 765. The van der Waals surface area contributed by atoms with Gasteiger partial charge < -0.3 is 4.57 Å². The Morgan fingerprint density at radius 3 is 1.57 bits per heavy atom. The zero-order valence-electron chi connectivity index (χ0n) is 12.9. The van der Waals surface area contributed by atoms with Crippen molar-refractivity contribution < 1.29 is 4.57 Å². The van der Waals surface area contributed by atoms with Crippen LogP contribution in [0.4, 0.5) is 0 Å². The van der Waals surface area contributed by atoms with Gasteiger partial charge in [-0.05, 0) is 5.56 Å². The molecule has 0 N–H and O–H groups in total. The molecule has 0 amide bonds. The van der Waals surface area contributed by atoms with Crippen LogP contribution in [0.2, 0.25) is 0 Å². The maximum absolute atomic E-state index is 13.8. The van der Waals surface area contributed by atoms with Gasteiger partial charge in [-0.1, -0.05) is 103 Å². The third-order valence-electron chi connectivity index (χ3n) is 3.82. The first-order chi connectivity index (χ1) is 11.3. The van der Waals surface area contributed by atoms with E-state index in [1.165, 1.54) is 0 Å². The van der Waals surface area contributed by atoms with Gasteiger partial charge in [0.15, 0.2) is 0 Å². The molecule has 0 fully saturated rings. The minimum atomic E-state index is -2.65. The quantitative estimate of drug-likeness (QED) is 0.622. The van der Waals surface area contributed by atoms with E-state index in [-0.39, 0.29) is 0 Å². The molecule has 0 unspecified atom stereocenters. The molecule has 0 spiro atoms. The summed E-state index contributed by atoms with van der Waals surface area (Å²) in [6.45, 7) is 0. The second kappa shape index (κ2) is 7.26. The van der Waals surface area contributed by atoms with E-state index in [0.29, 0.717) is 6.16 Å². The van der Waals surface area contributed by atoms with Crippen molar-refractivity contribution in [2.75, 3.05) is 6.16 Å². The highest BCUT2D eigenvalue weighted by atomic mass is 31.2. The first-order valence-corrected chi connectivity index (χ1v) is 9.60. The normalized spacial score (nSPS) is 11.7. The van der Waals surface area contributed by atoms with Crippen molar-refractivity contribution in [3.8, 4) is 0 Å². The van der Waals surface area contributed by atoms with Crippen molar-refractivity contribution in [2.45, 2.75) is 0 Å². The van der Waals surface area contributed by atoms with Crippen molar-refractivity contribution >= 4 is 23.8 Å². The molecular weight excluding hydrogens is 299 g/mol. The Balaban J connectivity index is 1.94. The molecule has 0 radical (unpaired) electrons. The highest BCUT2D eigenvalue weighted by Crippen LogP contribution is 2.43. The van der Waals surface area contributed by atoms with Gasteiger partial charge in [-0.2, -0.15) is 0 Å². The summed E-state index contributed by atoms with van der Waals surface area (Å²) in [5, 5.41) is 1.81. The van der Waals surface area contributed by atoms with Crippen molar-refractivity contribution in [1.82, 2.24) is 0 Å². The van der Waals surface area contributed by atoms with E-state index in [1.807, 2.05) is 103 Å². The van der Waals surface area contributed by atoms with Crippen LogP contribution in [0.3, 0.4) is 0 Å². The predicted molar refractivity (Wildman–Crippen MR) is 100 cm³/mol. The highest BCUT2D eigenvalue weighted by Gasteiger charge is 2.25. The van der Waals surface area contributed by atoms with E-state index in [2.05, 4.69) is 0 Å². The molecule has 114 valence electrons. The topological polar surface area (TPSA) is 17.1 Å². The molecule has 0 aromatic heterocycles. The summed E-state index contributed by atoms with van der Waals surface area (Å²) in [7, 11) is -2.65. The van der Waals surface area contributed by atoms with Crippen molar-refractivity contribution in [3.05, 3.63) is 103 Å². The van der Waals surface area contributed by atoms with E-state index in [1.54, 1.807) is 0 Å². The lowest BCUT2D eigenvalue weighted by atomic mass is 10.2. The predicted octanol–water partition coefficient (Wildman–Crippen LogP) is 4.71. The Kier molecular flexibility index (Phi) is 4.90. The molecular formula is C21H19OP. The van der Waals surface area contributed by atoms with Gasteiger partial charge in [0.2, 0.25) is 0 Å². The lowest BCUT2D eigenvalue weighted by Crippen LogP contribution is -2.17. The lowest BCUT2D eigenvalue weighted by molar-refractivity contribution is 0.589. The van der Waals surface area contributed by atoms with Crippen molar-refractivity contribution in [3.63, 3.8) is 0 Å². The van der Waals surface area contributed by atoms with Crippen LogP contribution in [-0.4, -0.2) is 6.16 Å². The molecule has 23 heavy (non-hydrogen) atoms. The van der Waals surface area contributed by atoms with E-state index >= 15 is 0 Å². The fraction of sp³-hybridized carbons (Fsp3) is 0.0476. The minimum Gasteiger partial charge on any atom is -0.313 e. The Morgan fingerprint density at radius 1 is 0.652 bits per heavy atom. The highest BCUT2D eigenvalue weighted by molar-refractivity contribution is 7.78. The minimum absolute atomic E-state index is 0.524. The molecule has 3 rings (SSSR count). The first-order valence-electron chi connectivity index (χ1n) is 7.71. The van der Waals surface area contributed by atoms with Gasteiger partial charge in [0.05, 0.1) is 0 Å². The monoisotopic (exact) mass is 318 g/mol. The van der Waals surface area contributed by atoms with E-state index in [4.69, 9.17) is 0 Å². The van der Waals surface area contributed by atoms with Gasteiger partial charge in [-0.3, -0.25) is 0 Å². The van der Waals surface area contributed by atoms with Gasteiger partial charge >= 0.3 is 0 Å². The van der Waals surface area contributed by atoms with Crippen LogP contribution in [0.5, 0.6) is 0 Å². The Hall–Kier alpha value is -2.37. The van der Waals surface area contributed by atoms with Gasteiger partial charge in [0.1, 0.15) is 7.14 Å². The van der Waals surface area contributed by atoms with Crippen LogP contribution in [0.1, 0.15) is 5.56 Å². The van der Waals surface area contributed by atoms with E-state index in [0.717, 1.165) is 16.2 Å². The number of hydrogen-bond donors (Lipinski definition) is 0.